The van der Waals surface area contributed by atoms with Gasteiger partial charge in [-0.15, -0.1) is 0 Å². The van der Waals surface area contributed by atoms with Gasteiger partial charge in [0.25, 0.3) is 0 Å². The predicted molar refractivity (Wildman–Crippen MR) is 87.5 cm³/mol. The van der Waals surface area contributed by atoms with Gasteiger partial charge in [-0.3, -0.25) is 4.79 Å². The first-order valence-electron chi connectivity index (χ1n) is 7.18. The Kier molecular flexibility index (Phi) is 6.25. The summed E-state index contributed by atoms with van der Waals surface area (Å²) in [6, 6.07) is 5.62. The normalized spacial score (nSPS) is 13.1. The number of halogens is 1. The van der Waals surface area contributed by atoms with Gasteiger partial charge >= 0.3 is 0 Å². The molecule has 1 aromatic carbocycles. The van der Waals surface area contributed by atoms with Crippen molar-refractivity contribution in [3.63, 3.8) is 0 Å². The third-order valence-electron chi connectivity index (χ3n) is 3.04. The molecule has 0 fully saturated rings. The van der Waals surface area contributed by atoms with Crippen molar-refractivity contribution in [3.05, 3.63) is 28.2 Å². The van der Waals surface area contributed by atoms with Crippen molar-refractivity contribution in [1.82, 2.24) is 0 Å². The van der Waals surface area contributed by atoms with E-state index in [1.807, 2.05) is 25.1 Å². The molecule has 0 aromatic heterocycles. The summed E-state index contributed by atoms with van der Waals surface area (Å²) in [5.41, 5.74) is 0.932. The van der Waals surface area contributed by atoms with Crippen LogP contribution in [0, 0.1) is 11.3 Å². The van der Waals surface area contributed by atoms with Crippen molar-refractivity contribution in [2.45, 2.75) is 47.5 Å². The number of rotatable bonds is 6. The molecule has 0 radical (unpaired) electrons. The van der Waals surface area contributed by atoms with E-state index in [1.54, 1.807) is 0 Å². The third-order valence-corrected chi connectivity index (χ3v) is 3.53. The highest BCUT2D eigenvalue weighted by Gasteiger charge is 2.20. The SMILES string of the molecule is CCOc1ccc(Br)cc1C(=O)CC(C)CC(C)(C)C. The standard InChI is InChI=1S/C17H25BrO2/c1-6-20-16-8-7-13(18)10-14(16)15(19)9-12(2)11-17(3,4)5/h7-8,10,12H,6,9,11H2,1-5H3. The largest absolute Gasteiger partial charge is 0.493 e. The van der Waals surface area contributed by atoms with Gasteiger partial charge in [0.1, 0.15) is 5.75 Å². The molecule has 0 saturated heterocycles. The first-order valence-corrected chi connectivity index (χ1v) is 7.97. The zero-order valence-electron chi connectivity index (χ0n) is 13.1. The van der Waals surface area contributed by atoms with Crippen LogP contribution in [0.2, 0.25) is 0 Å². The molecular formula is C17H25BrO2. The summed E-state index contributed by atoms with van der Waals surface area (Å²) in [4.78, 5) is 12.5. The number of hydrogen-bond acceptors (Lipinski definition) is 2. The maximum absolute atomic E-state index is 12.5. The second-order valence-electron chi connectivity index (χ2n) is 6.57. The van der Waals surface area contributed by atoms with Crippen LogP contribution in [-0.4, -0.2) is 12.4 Å². The summed E-state index contributed by atoms with van der Waals surface area (Å²) in [5, 5.41) is 0. The molecule has 2 nitrogen and oxygen atoms in total. The van der Waals surface area contributed by atoms with Gasteiger partial charge in [0.05, 0.1) is 12.2 Å². The zero-order valence-corrected chi connectivity index (χ0v) is 14.7. The van der Waals surface area contributed by atoms with E-state index in [2.05, 4.69) is 43.6 Å². The quantitative estimate of drug-likeness (QED) is 0.639. The average molecular weight is 341 g/mol. The van der Waals surface area contributed by atoms with Crippen LogP contribution in [0.5, 0.6) is 5.75 Å². The van der Waals surface area contributed by atoms with Crippen LogP contribution in [0.15, 0.2) is 22.7 Å². The Hall–Kier alpha value is -0.830. The van der Waals surface area contributed by atoms with Gasteiger partial charge < -0.3 is 4.74 Å². The summed E-state index contributed by atoms with van der Waals surface area (Å²) in [6.07, 6.45) is 1.60. The number of carbonyl (C=O) groups is 1. The average Bonchev–Trinajstić information content (AvgIpc) is 2.29. The van der Waals surface area contributed by atoms with E-state index in [9.17, 15) is 4.79 Å². The molecule has 20 heavy (non-hydrogen) atoms. The van der Waals surface area contributed by atoms with Crippen molar-refractivity contribution < 1.29 is 9.53 Å². The van der Waals surface area contributed by atoms with E-state index >= 15 is 0 Å². The second kappa shape index (κ2) is 7.26. The Labute approximate surface area is 131 Å². The van der Waals surface area contributed by atoms with Gasteiger partial charge in [0, 0.05) is 10.9 Å². The molecule has 0 spiro atoms. The number of Topliss-reactive ketones (excluding diaryl/α,β-unsaturated/α-hetero) is 1. The van der Waals surface area contributed by atoms with Crippen molar-refractivity contribution >= 4 is 21.7 Å². The molecule has 0 amide bonds. The van der Waals surface area contributed by atoms with Gasteiger partial charge in [0.15, 0.2) is 5.78 Å². The lowest BCUT2D eigenvalue weighted by molar-refractivity contribution is 0.0950. The lowest BCUT2D eigenvalue weighted by Gasteiger charge is -2.23. The zero-order chi connectivity index (χ0) is 15.3. The van der Waals surface area contributed by atoms with E-state index in [0.29, 0.717) is 30.3 Å². The Balaban J connectivity index is 2.83. The van der Waals surface area contributed by atoms with Crippen molar-refractivity contribution in [1.29, 1.82) is 0 Å². The Morgan fingerprint density at radius 1 is 1.35 bits per heavy atom. The van der Waals surface area contributed by atoms with Crippen molar-refractivity contribution in [2.75, 3.05) is 6.61 Å². The smallest absolute Gasteiger partial charge is 0.166 e. The summed E-state index contributed by atoms with van der Waals surface area (Å²) < 4.78 is 6.46. The maximum Gasteiger partial charge on any atom is 0.166 e. The van der Waals surface area contributed by atoms with E-state index in [1.165, 1.54) is 0 Å². The lowest BCUT2D eigenvalue weighted by Crippen LogP contribution is -2.15. The number of ketones is 1. The van der Waals surface area contributed by atoms with E-state index in [4.69, 9.17) is 4.74 Å². The van der Waals surface area contributed by atoms with E-state index < -0.39 is 0 Å². The monoisotopic (exact) mass is 340 g/mol. The molecule has 0 saturated carbocycles. The fourth-order valence-electron chi connectivity index (χ4n) is 2.55. The molecule has 112 valence electrons. The van der Waals surface area contributed by atoms with E-state index in [-0.39, 0.29) is 11.2 Å². The summed E-state index contributed by atoms with van der Waals surface area (Å²) in [6.45, 7) is 11.3. The van der Waals surface area contributed by atoms with Crippen LogP contribution in [0.25, 0.3) is 0 Å². The molecule has 0 aliphatic carbocycles. The molecule has 1 unspecified atom stereocenters. The molecule has 0 aliphatic rings. The van der Waals surface area contributed by atoms with E-state index in [0.717, 1.165) is 10.9 Å². The lowest BCUT2D eigenvalue weighted by atomic mass is 9.83. The van der Waals surface area contributed by atoms with Crippen LogP contribution in [-0.2, 0) is 0 Å². The van der Waals surface area contributed by atoms with Crippen molar-refractivity contribution in [3.8, 4) is 5.75 Å². The van der Waals surface area contributed by atoms with Crippen LogP contribution in [0.3, 0.4) is 0 Å². The van der Waals surface area contributed by atoms with Gasteiger partial charge in [-0.25, -0.2) is 0 Å². The highest BCUT2D eigenvalue weighted by atomic mass is 79.9. The number of carbonyl (C=O) groups excluding carboxylic acids is 1. The maximum atomic E-state index is 12.5. The van der Waals surface area contributed by atoms with Gasteiger partial charge in [-0.05, 0) is 42.9 Å². The highest BCUT2D eigenvalue weighted by molar-refractivity contribution is 9.10. The summed E-state index contributed by atoms with van der Waals surface area (Å²) in [7, 11) is 0. The minimum absolute atomic E-state index is 0.159. The molecule has 0 N–H and O–H groups in total. The fourth-order valence-corrected chi connectivity index (χ4v) is 2.91. The number of hydrogen-bond donors (Lipinski definition) is 0. The van der Waals surface area contributed by atoms with Crippen LogP contribution >= 0.6 is 15.9 Å². The predicted octanol–water partition coefficient (Wildman–Crippen LogP) is 5.49. The Morgan fingerprint density at radius 2 is 2.00 bits per heavy atom. The molecule has 1 atom stereocenters. The van der Waals surface area contributed by atoms with Crippen molar-refractivity contribution in [2.24, 2.45) is 11.3 Å². The van der Waals surface area contributed by atoms with Crippen LogP contribution < -0.4 is 4.74 Å². The first-order chi connectivity index (χ1) is 9.23. The topological polar surface area (TPSA) is 26.3 Å². The summed E-state index contributed by atoms with van der Waals surface area (Å²) in [5.74, 6) is 1.21. The van der Waals surface area contributed by atoms with Crippen LogP contribution in [0.1, 0.15) is 57.8 Å². The second-order valence-corrected chi connectivity index (χ2v) is 7.49. The van der Waals surface area contributed by atoms with Crippen LogP contribution in [0.4, 0.5) is 0 Å². The molecule has 0 bridgehead atoms. The molecule has 0 aliphatic heterocycles. The molecule has 1 rings (SSSR count). The Bertz CT molecular complexity index is 461. The van der Waals surface area contributed by atoms with Gasteiger partial charge in [-0.1, -0.05) is 43.6 Å². The minimum Gasteiger partial charge on any atom is -0.493 e. The molecule has 1 aromatic rings. The molecule has 0 heterocycles. The van der Waals surface area contributed by atoms with Gasteiger partial charge in [0.2, 0.25) is 0 Å². The molecule has 3 heteroatoms. The van der Waals surface area contributed by atoms with Gasteiger partial charge in [-0.2, -0.15) is 0 Å². The summed E-state index contributed by atoms with van der Waals surface area (Å²) >= 11 is 3.42. The third kappa shape index (κ3) is 5.66. The number of benzene rings is 1. The fraction of sp³-hybridized carbons (Fsp3) is 0.588. The minimum atomic E-state index is 0.159. The number of ether oxygens (including phenoxy) is 1. The first kappa shape index (κ1) is 17.2. The Morgan fingerprint density at radius 3 is 2.55 bits per heavy atom. The molecular weight excluding hydrogens is 316 g/mol. The highest BCUT2D eigenvalue weighted by Crippen LogP contribution is 2.29.